The van der Waals surface area contributed by atoms with E-state index in [0.717, 1.165) is 17.3 Å². The Hall–Kier alpha value is -1.37. The lowest BCUT2D eigenvalue weighted by Gasteiger charge is -2.26. The molecule has 1 aromatic rings. The summed E-state index contributed by atoms with van der Waals surface area (Å²) in [6.45, 7) is 0.0508. The van der Waals surface area contributed by atoms with E-state index in [2.05, 4.69) is 15.9 Å². The number of aliphatic imine (C=N–C) groups is 1. The third-order valence-corrected chi connectivity index (χ3v) is 6.32. The second kappa shape index (κ2) is 10.2. The van der Waals surface area contributed by atoms with E-state index < -0.39 is 18.0 Å². The van der Waals surface area contributed by atoms with Gasteiger partial charge in [-0.05, 0) is 6.07 Å². The minimum absolute atomic E-state index is 0.0508. The second-order valence-electron chi connectivity index (χ2n) is 5.53. The molecule has 1 aliphatic rings. The van der Waals surface area contributed by atoms with E-state index in [1.54, 1.807) is 18.5 Å². The number of amides is 1. The molecule has 0 fully saturated rings. The van der Waals surface area contributed by atoms with Crippen molar-refractivity contribution in [3.63, 3.8) is 0 Å². The highest BCUT2D eigenvalue weighted by Gasteiger charge is 2.35. The van der Waals surface area contributed by atoms with Crippen molar-refractivity contribution in [2.24, 2.45) is 4.99 Å². The Morgan fingerprint density at radius 2 is 2.22 bits per heavy atom. The first-order valence-electron chi connectivity index (χ1n) is 7.98. The molecular formula is C17H17ClF3N3OS2. The van der Waals surface area contributed by atoms with E-state index in [0.29, 0.717) is 0 Å². The van der Waals surface area contributed by atoms with Gasteiger partial charge in [0.2, 0.25) is 5.91 Å². The maximum atomic E-state index is 12.5. The number of terminal acetylenes is 1. The number of pyridine rings is 1. The van der Waals surface area contributed by atoms with E-state index in [-0.39, 0.29) is 40.9 Å². The van der Waals surface area contributed by atoms with Crippen LogP contribution < -0.4 is 0 Å². The van der Waals surface area contributed by atoms with Gasteiger partial charge in [-0.15, -0.1) is 6.42 Å². The SMILES string of the molecule is C#CCN(C(=O)CCSCCC(F)(F)F)C1SC(c2cccnc2)N=C1Cl. The third-order valence-electron chi connectivity index (χ3n) is 3.53. The molecule has 1 amide bonds. The van der Waals surface area contributed by atoms with Gasteiger partial charge in [0.25, 0.3) is 0 Å². The van der Waals surface area contributed by atoms with Crippen LogP contribution in [0.15, 0.2) is 29.5 Å². The van der Waals surface area contributed by atoms with Crippen LogP contribution >= 0.6 is 35.1 Å². The average Bonchev–Trinajstić information content (AvgIpc) is 3.00. The van der Waals surface area contributed by atoms with Crippen molar-refractivity contribution in [2.75, 3.05) is 18.1 Å². The number of carbonyl (C=O) groups is 1. The summed E-state index contributed by atoms with van der Waals surface area (Å²) < 4.78 is 36.4. The van der Waals surface area contributed by atoms with Gasteiger partial charge in [0, 0.05) is 35.9 Å². The Morgan fingerprint density at radius 3 is 2.85 bits per heavy atom. The number of hydrogen-bond acceptors (Lipinski definition) is 5. The highest BCUT2D eigenvalue weighted by Crippen LogP contribution is 2.42. The quantitative estimate of drug-likeness (QED) is 0.450. The highest BCUT2D eigenvalue weighted by atomic mass is 35.5. The van der Waals surface area contributed by atoms with Crippen molar-refractivity contribution in [1.82, 2.24) is 9.88 Å². The zero-order valence-corrected chi connectivity index (χ0v) is 16.5. The molecule has 2 heterocycles. The predicted octanol–water partition coefficient (Wildman–Crippen LogP) is 4.33. The summed E-state index contributed by atoms with van der Waals surface area (Å²) in [5.41, 5.74) is 0.860. The molecule has 0 N–H and O–H groups in total. The van der Waals surface area contributed by atoms with Crippen LogP contribution in [0.2, 0.25) is 0 Å². The van der Waals surface area contributed by atoms with Crippen LogP contribution in [-0.2, 0) is 4.79 Å². The fourth-order valence-electron chi connectivity index (χ4n) is 2.25. The maximum absolute atomic E-state index is 12.5. The number of rotatable bonds is 8. The van der Waals surface area contributed by atoms with Gasteiger partial charge in [0.1, 0.15) is 15.9 Å². The molecule has 0 spiro atoms. The average molecular weight is 436 g/mol. The number of aromatic nitrogens is 1. The third kappa shape index (κ3) is 6.94. The summed E-state index contributed by atoms with van der Waals surface area (Å²) in [6.07, 6.45) is 3.73. The molecule has 1 aromatic heterocycles. The molecule has 0 aromatic carbocycles. The zero-order valence-electron chi connectivity index (χ0n) is 14.2. The van der Waals surface area contributed by atoms with Crippen molar-refractivity contribution in [1.29, 1.82) is 0 Å². The molecule has 0 bridgehead atoms. The van der Waals surface area contributed by atoms with Gasteiger partial charge < -0.3 is 4.90 Å². The van der Waals surface area contributed by atoms with Crippen molar-refractivity contribution in [3.05, 3.63) is 30.1 Å². The highest BCUT2D eigenvalue weighted by molar-refractivity contribution is 8.01. The van der Waals surface area contributed by atoms with E-state index in [1.807, 2.05) is 6.07 Å². The predicted molar refractivity (Wildman–Crippen MR) is 105 cm³/mol. The summed E-state index contributed by atoms with van der Waals surface area (Å²) in [5, 5.41) is -0.534. The molecule has 1 aliphatic heterocycles. The van der Waals surface area contributed by atoms with Crippen molar-refractivity contribution in [2.45, 2.75) is 29.8 Å². The number of halogens is 4. The van der Waals surface area contributed by atoms with Crippen LogP contribution in [0, 0.1) is 12.3 Å². The summed E-state index contributed by atoms with van der Waals surface area (Å²) in [4.78, 5) is 22.4. The first kappa shape index (κ1) is 21.9. The summed E-state index contributed by atoms with van der Waals surface area (Å²) in [6, 6.07) is 3.65. The van der Waals surface area contributed by atoms with Crippen molar-refractivity contribution >= 4 is 46.2 Å². The molecule has 27 heavy (non-hydrogen) atoms. The van der Waals surface area contributed by atoms with Gasteiger partial charge >= 0.3 is 6.18 Å². The van der Waals surface area contributed by atoms with Crippen LogP contribution in [0.4, 0.5) is 13.2 Å². The molecule has 4 nitrogen and oxygen atoms in total. The van der Waals surface area contributed by atoms with E-state index in [1.165, 1.54) is 16.7 Å². The molecule has 2 unspecified atom stereocenters. The van der Waals surface area contributed by atoms with Gasteiger partial charge in [-0.2, -0.15) is 24.9 Å². The molecule has 10 heteroatoms. The van der Waals surface area contributed by atoms with Gasteiger partial charge in [-0.1, -0.05) is 35.3 Å². The van der Waals surface area contributed by atoms with Crippen LogP contribution in [0.3, 0.4) is 0 Å². The van der Waals surface area contributed by atoms with Gasteiger partial charge in [-0.25, -0.2) is 0 Å². The summed E-state index contributed by atoms with van der Waals surface area (Å²) >= 11 is 8.71. The Bertz CT molecular complexity index is 710. The summed E-state index contributed by atoms with van der Waals surface area (Å²) in [7, 11) is 0. The fraction of sp³-hybridized carbons (Fsp3) is 0.471. The second-order valence-corrected chi connectivity index (χ2v) is 8.31. The molecule has 0 saturated heterocycles. The number of carbonyl (C=O) groups excluding carboxylic acids is 1. The molecule has 146 valence electrons. The largest absolute Gasteiger partial charge is 0.389 e. The lowest BCUT2D eigenvalue weighted by molar-refractivity contribution is -0.130. The van der Waals surface area contributed by atoms with E-state index >= 15 is 0 Å². The van der Waals surface area contributed by atoms with Gasteiger partial charge in [0.15, 0.2) is 0 Å². The smallest absolute Gasteiger partial charge is 0.313 e. The Labute approximate surface area is 169 Å². The Morgan fingerprint density at radius 1 is 1.44 bits per heavy atom. The van der Waals surface area contributed by atoms with E-state index in [9.17, 15) is 18.0 Å². The maximum Gasteiger partial charge on any atom is 0.389 e. The van der Waals surface area contributed by atoms with Crippen LogP contribution in [0.25, 0.3) is 0 Å². The molecule has 2 rings (SSSR count). The number of alkyl halides is 3. The first-order chi connectivity index (χ1) is 12.8. The monoisotopic (exact) mass is 435 g/mol. The van der Waals surface area contributed by atoms with Gasteiger partial charge in [-0.3, -0.25) is 14.8 Å². The molecule has 2 atom stereocenters. The minimum Gasteiger partial charge on any atom is -0.313 e. The van der Waals surface area contributed by atoms with Crippen LogP contribution in [-0.4, -0.2) is 50.6 Å². The molecular weight excluding hydrogens is 419 g/mol. The first-order valence-corrected chi connectivity index (χ1v) is 10.5. The Balaban J connectivity index is 1.91. The van der Waals surface area contributed by atoms with Crippen molar-refractivity contribution < 1.29 is 18.0 Å². The molecule has 0 radical (unpaired) electrons. The topological polar surface area (TPSA) is 45.6 Å². The fourth-order valence-corrected chi connectivity index (χ4v) is 4.81. The van der Waals surface area contributed by atoms with E-state index in [4.69, 9.17) is 18.0 Å². The zero-order chi connectivity index (χ0) is 19.9. The van der Waals surface area contributed by atoms with Gasteiger partial charge in [0.05, 0.1) is 13.0 Å². The normalized spacial score (nSPS) is 19.4. The number of hydrogen-bond donors (Lipinski definition) is 0. The van der Waals surface area contributed by atoms with Crippen LogP contribution in [0.1, 0.15) is 23.8 Å². The minimum atomic E-state index is -4.18. The summed E-state index contributed by atoms with van der Waals surface area (Å²) in [5.74, 6) is 2.39. The molecule has 0 saturated carbocycles. The Kier molecular flexibility index (Phi) is 8.32. The lowest BCUT2D eigenvalue weighted by Crippen LogP contribution is -2.41. The number of nitrogens with zero attached hydrogens (tertiary/aromatic N) is 3. The number of thioether (sulfide) groups is 2. The lowest BCUT2D eigenvalue weighted by atomic mass is 10.3. The van der Waals surface area contributed by atoms with Crippen molar-refractivity contribution in [3.8, 4) is 12.3 Å². The molecule has 0 aliphatic carbocycles. The standard InChI is InChI=1S/C17H17ClF3N3OS2/c1-2-8-24(13(25)5-9-26-10-6-17(19,20)21)16-14(18)23-15(27-16)12-4-3-7-22-11-12/h1,3-4,7,11,15-16H,5-6,8-10H2. The van der Waals surface area contributed by atoms with Crippen LogP contribution in [0.5, 0.6) is 0 Å².